The summed E-state index contributed by atoms with van der Waals surface area (Å²) in [6, 6.07) is 10.8. The van der Waals surface area contributed by atoms with Crippen LogP contribution in [0.3, 0.4) is 0 Å². The van der Waals surface area contributed by atoms with Crippen LogP contribution < -0.4 is 4.72 Å². The Labute approximate surface area is 146 Å². The predicted molar refractivity (Wildman–Crippen MR) is 93.9 cm³/mol. The first-order valence-electron chi connectivity index (χ1n) is 7.17. The Hall–Kier alpha value is -1.89. The molecule has 2 aromatic carbocycles. The van der Waals surface area contributed by atoms with E-state index in [1.54, 1.807) is 45.0 Å². The van der Waals surface area contributed by atoms with Gasteiger partial charge >= 0.3 is 5.97 Å². The number of carboxylic acid groups (broad SMARTS) is 1. The van der Waals surface area contributed by atoms with Crippen molar-refractivity contribution in [1.29, 1.82) is 0 Å². The smallest absolute Gasteiger partial charge is 0.337 e. The van der Waals surface area contributed by atoms with Crippen LogP contribution in [-0.4, -0.2) is 25.0 Å². The zero-order valence-electron chi connectivity index (χ0n) is 13.5. The molecule has 0 aliphatic heterocycles. The monoisotopic (exact) mass is 367 g/mol. The molecule has 2 N–H and O–H groups in total. The van der Waals surface area contributed by atoms with E-state index >= 15 is 0 Å². The quantitative estimate of drug-likeness (QED) is 0.861. The first-order chi connectivity index (χ1) is 11.0. The largest absolute Gasteiger partial charge is 0.478 e. The number of sulfonamides is 1. The molecular weight excluding hydrogens is 350 g/mol. The molecule has 24 heavy (non-hydrogen) atoms. The number of nitrogens with one attached hydrogen (secondary N) is 1. The van der Waals surface area contributed by atoms with Gasteiger partial charge in [0.1, 0.15) is 0 Å². The highest BCUT2D eigenvalue weighted by Crippen LogP contribution is 2.30. The van der Waals surface area contributed by atoms with Crippen molar-refractivity contribution < 1.29 is 18.3 Å². The second kappa shape index (κ2) is 6.55. The Morgan fingerprint density at radius 1 is 1.12 bits per heavy atom. The topological polar surface area (TPSA) is 83.5 Å². The fourth-order valence-electron chi connectivity index (χ4n) is 2.27. The fraction of sp³-hybridized carbons (Fsp3) is 0.235. The highest BCUT2D eigenvalue weighted by Gasteiger charge is 2.23. The first-order valence-corrected chi connectivity index (χ1v) is 9.03. The molecule has 0 aromatic heterocycles. The molecule has 0 radical (unpaired) electrons. The van der Waals surface area contributed by atoms with Gasteiger partial charge in [-0.25, -0.2) is 17.9 Å². The Balaban J connectivity index is 2.58. The Morgan fingerprint density at radius 2 is 1.75 bits per heavy atom. The number of halogens is 1. The number of carbonyl (C=O) groups is 1. The van der Waals surface area contributed by atoms with E-state index in [4.69, 9.17) is 11.6 Å². The summed E-state index contributed by atoms with van der Waals surface area (Å²) in [5.41, 5.74) is 0.143. The molecule has 0 spiro atoms. The summed E-state index contributed by atoms with van der Waals surface area (Å²) >= 11 is 5.98. The molecule has 0 unspecified atom stereocenters. The third-order valence-corrected chi connectivity index (χ3v) is 5.19. The van der Waals surface area contributed by atoms with Gasteiger partial charge < -0.3 is 5.11 Å². The highest BCUT2D eigenvalue weighted by molar-refractivity contribution is 7.89. The summed E-state index contributed by atoms with van der Waals surface area (Å²) < 4.78 is 27.5. The van der Waals surface area contributed by atoms with Gasteiger partial charge in [0, 0.05) is 5.54 Å². The van der Waals surface area contributed by atoms with Crippen LogP contribution in [0.25, 0.3) is 11.1 Å². The molecule has 128 valence electrons. The minimum atomic E-state index is -3.72. The minimum absolute atomic E-state index is 0.0579. The fourth-order valence-corrected chi connectivity index (χ4v) is 3.99. The summed E-state index contributed by atoms with van der Waals surface area (Å²) in [6.45, 7) is 5.23. The Morgan fingerprint density at radius 3 is 2.33 bits per heavy atom. The molecule has 0 amide bonds. The second-order valence-corrected chi connectivity index (χ2v) is 8.44. The summed E-state index contributed by atoms with van der Waals surface area (Å²) in [4.78, 5) is 11.5. The van der Waals surface area contributed by atoms with Crippen molar-refractivity contribution in [3.8, 4) is 11.1 Å². The average molecular weight is 368 g/mol. The number of hydrogen-bond donors (Lipinski definition) is 2. The van der Waals surface area contributed by atoms with Gasteiger partial charge in [-0.05, 0) is 50.1 Å². The SMILES string of the molecule is CC(C)(C)NS(=O)(=O)c1cccc(-c2cccc(Cl)c2C(=O)O)c1. The van der Waals surface area contributed by atoms with E-state index < -0.39 is 21.5 Å². The van der Waals surface area contributed by atoms with Gasteiger partial charge in [0.15, 0.2) is 0 Å². The summed E-state index contributed by atoms with van der Waals surface area (Å²) in [5.74, 6) is -1.17. The maximum atomic E-state index is 12.5. The maximum Gasteiger partial charge on any atom is 0.337 e. The minimum Gasteiger partial charge on any atom is -0.478 e. The van der Waals surface area contributed by atoms with Crippen LogP contribution in [0.1, 0.15) is 31.1 Å². The van der Waals surface area contributed by atoms with Crippen LogP contribution in [0.5, 0.6) is 0 Å². The van der Waals surface area contributed by atoms with Crippen LogP contribution in [0.4, 0.5) is 0 Å². The molecule has 2 rings (SSSR count). The van der Waals surface area contributed by atoms with Crippen LogP contribution in [-0.2, 0) is 10.0 Å². The van der Waals surface area contributed by atoms with Crippen LogP contribution >= 0.6 is 11.6 Å². The van der Waals surface area contributed by atoms with Gasteiger partial charge in [-0.3, -0.25) is 0 Å². The summed E-state index contributed by atoms with van der Waals surface area (Å²) in [5, 5.41) is 9.47. The molecule has 0 fully saturated rings. The molecule has 2 aromatic rings. The molecule has 7 heteroatoms. The van der Waals surface area contributed by atoms with Gasteiger partial charge in [0.25, 0.3) is 0 Å². The zero-order valence-corrected chi connectivity index (χ0v) is 15.1. The van der Waals surface area contributed by atoms with Gasteiger partial charge in [-0.2, -0.15) is 0 Å². The van der Waals surface area contributed by atoms with E-state index in [0.29, 0.717) is 11.1 Å². The van der Waals surface area contributed by atoms with Gasteiger partial charge in [0.2, 0.25) is 10.0 Å². The molecule has 0 aliphatic carbocycles. The number of carboxylic acids is 1. The highest BCUT2D eigenvalue weighted by atomic mass is 35.5. The molecule has 0 saturated carbocycles. The molecule has 0 atom stereocenters. The summed E-state index contributed by atoms with van der Waals surface area (Å²) in [6.07, 6.45) is 0. The lowest BCUT2D eigenvalue weighted by molar-refractivity contribution is 0.0698. The van der Waals surface area contributed by atoms with Crippen molar-refractivity contribution in [3.63, 3.8) is 0 Å². The van der Waals surface area contributed by atoms with Gasteiger partial charge in [-0.1, -0.05) is 35.9 Å². The summed E-state index contributed by atoms with van der Waals surface area (Å²) in [7, 11) is -3.72. The maximum absolute atomic E-state index is 12.5. The van der Waals surface area contributed by atoms with Crippen molar-refractivity contribution in [2.45, 2.75) is 31.2 Å². The molecule has 5 nitrogen and oxygen atoms in total. The Bertz CT molecular complexity index is 886. The third kappa shape index (κ3) is 4.14. The van der Waals surface area contributed by atoms with Crippen LogP contribution in [0.15, 0.2) is 47.4 Å². The van der Waals surface area contributed by atoms with Crippen molar-refractivity contribution in [3.05, 3.63) is 53.1 Å². The Kier molecular flexibility index (Phi) is 5.03. The number of hydrogen-bond acceptors (Lipinski definition) is 3. The molecular formula is C17H18ClNO4S. The van der Waals surface area contributed by atoms with E-state index in [1.807, 2.05) is 0 Å². The van der Waals surface area contributed by atoms with E-state index in [9.17, 15) is 18.3 Å². The van der Waals surface area contributed by atoms with Gasteiger partial charge in [0.05, 0.1) is 15.5 Å². The van der Waals surface area contributed by atoms with Crippen molar-refractivity contribution in [2.24, 2.45) is 0 Å². The zero-order chi connectivity index (χ0) is 18.1. The van der Waals surface area contributed by atoms with Gasteiger partial charge in [-0.15, -0.1) is 0 Å². The number of rotatable bonds is 4. The van der Waals surface area contributed by atoms with Crippen molar-refractivity contribution in [1.82, 2.24) is 4.72 Å². The predicted octanol–water partition coefficient (Wildman–Crippen LogP) is 3.78. The second-order valence-electron chi connectivity index (χ2n) is 6.35. The van der Waals surface area contributed by atoms with E-state index in [-0.39, 0.29) is 15.5 Å². The molecule has 0 saturated heterocycles. The van der Waals surface area contributed by atoms with Crippen LogP contribution in [0.2, 0.25) is 5.02 Å². The standard InChI is InChI=1S/C17H18ClNO4S/c1-17(2,3)19-24(22,23)12-7-4-6-11(10-12)13-8-5-9-14(18)15(13)16(20)21/h4-10,19H,1-3H3,(H,20,21). The third-order valence-electron chi connectivity index (χ3n) is 3.12. The van der Waals surface area contributed by atoms with Crippen molar-refractivity contribution >= 4 is 27.6 Å². The van der Waals surface area contributed by atoms with Crippen LogP contribution in [0, 0.1) is 0 Å². The molecule has 0 aliphatic rings. The molecule has 0 bridgehead atoms. The lowest BCUT2D eigenvalue weighted by Gasteiger charge is -2.20. The average Bonchev–Trinajstić information content (AvgIpc) is 2.44. The van der Waals surface area contributed by atoms with E-state index in [0.717, 1.165) is 0 Å². The first kappa shape index (κ1) is 18.4. The van der Waals surface area contributed by atoms with Crippen molar-refractivity contribution in [2.75, 3.05) is 0 Å². The normalized spacial score (nSPS) is 12.2. The lowest BCUT2D eigenvalue weighted by atomic mass is 10.00. The lowest BCUT2D eigenvalue weighted by Crippen LogP contribution is -2.40. The van der Waals surface area contributed by atoms with E-state index in [2.05, 4.69) is 4.72 Å². The van der Waals surface area contributed by atoms with E-state index in [1.165, 1.54) is 18.2 Å². The number of benzene rings is 2. The molecule has 0 heterocycles. The number of aromatic carboxylic acids is 1.